The lowest BCUT2D eigenvalue weighted by atomic mass is 10.2. The van der Waals surface area contributed by atoms with E-state index in [1.165, 1.54) is 28.4 Å². The first-order valence-electron chi connectivity index (χ1n) is 6.37. The van der Waals surface area contributed by atoms with Crippen molar-refractivity contribution in [3.8, 4) is 0 Å². The molecule has 0 aliphatic carbocycles. The Morgan fingerprint density at radius 3 is 2.95 bits per heavy atom. The Hall–Kier alpha value is -0.550. The van der Waals surface area contributed by atoms with Gasteiger partial charge in [-0.05, 0) is 43.7 Å². The lowest BCUT2D eigenvalue weighted by Crippen LogP contribution is -2.13. The summed E-state index contributed by atoms with van der Waals surface area (Å²) in [4.78, 5) is 5.97. The van der Waals surface area contributed by atoms with E-state index in [-0.39, 0.29) is 0 Å². The highest BCUT2D eigenvalue weighted by Crippen LogP contribution is 2.29. The highest BCUT2D eigenvalue weighted by molar-refractivity contribution is 7.98. The van der Waals surface area contributed by atoms with Crippen molar-refractivity contribution < 1.29 is 0 Å². The van der Waals surface area contributed by atoms with Gasteiger partial charge in [0.15, 0.2) is 0 Å². The second kappa shape index (κ2) is 6.27. The number of halogens is 1. The number of thioether (sulfide) groups is 1. The van der Waals surface area contributed by atoms with E-state index >= 15 is 0 Å². The van der Waals surface area contributed by atoms with Gasteiger partial charge in [-0.15, -0.1) is 23.1 Å². The monoisotopic (exact) mass is 310 g/mol. The van der Waals surface area contributed by atoms with Crippen LogP contribution in [0.3, 0.4) is 0 Å². The molecule has 0 bridgehead atoms. The summed E-state index contributed by atoms with van der Waals surface area (Å²) in [5.41, 5.74) is 1.22. The molecular weight excluding hydrogens is 296 g/mol. The molecule has 0 spiro atoms. The molecule has 1 saturated heterocycles. The van der Waals surface area contributed by atoms with Gasteiger partial charge in [-0.1, -0.05) is 11.6 Å². The minimum Gasteiger partial charge on any atom is -0.309 e. The Kier molecular flexibility index (Phi) is 4.43. The van der Waals surface area contributed by atoms with Crippen LogP contribution in [-0.2, 0) is 5.75 Å². The van der Waals surface area contributed by atoms with Gasteiger partial charge in [0.05, 0.1) is 17.5 Å². The van der Waals surface area contributed by atoms with E-state index < -0.39 is 0 Å². The van der Waals surface area contributed by atoms with Crippen molar-refractivity contribution in [3.05, 3.63) is 45.4 Å². The van der Waals surface area contributed by atoms with E-state index in [0.29, 0.717) is 6.04 Å². The molecule has 1 aliphatic rings. The maximum atomic E-state index is 5.88. The van der Waals surface area contributed by atoms with Crippen molar-refractivity contribution >= 4 is 34.7 Å². The molecule has 1 atom stereocenters. The summed E-state index contributed by atoms with van der Waals surface area (Å²) in [7, 11) is 0. The molecule has 19 heavy (non-hydrogen) atoms. The molecule has 0 saturated carbocycles. The topological polar surface area (TPSA) is 24.9 Å². The number of nitrogens with one attached hydrogen (secondary N) is 1. The Labute approximate surface area is 126 Å². The summed E-state index contributed by atoms with van der Waals surface area (Å²) >= 11 is 9.45. The van der Waals surface area contributed by atoms with Gasteiger partial charge in [0.1, 0.15) is 5.01 Å². The first-order chi connectivity index (χ1) is 9.31. The second-order valence-corrected chi connectivity index (χ2v) is 6.99. The molecule has 0 unspecified atom stereocenters. The predicted molar refractivity (Wildman–Crippen MR) is 83.1 cm³/mol. The van der Waals surface area contributed by atoms with Gasteiger partial charge >= 0.3 is 0 Å². The number of nitrogens with zero attached hydrogens (tertiary/aromatic N) is 1. The molecule has 1 N–H and O–H groups in total. The van der Waals surface area contributed by atoms with Crippen molar-refractivity contribution in [3.63, 3.8) is 0 Å². The summed E-state index contributed by atoms with van der Waals surface area (Å²) in [6.07, 6.45) is 2.48. The number of hydrogen-bond acceptors (Lipinski definition) is 4. The van der Waals surface area contributed by atoms with Crippen molar-refractivity contribution in [2.24, 2.45) is 0 Å². The Bertz CT molecular complexity index is 533. The van der Waals surface area contributed by atoms with E-state index in [1.54, 1.807) is 23.1 Å². The van der Waals surface area contributed by atoms with Crippen LogP contribution in [0.5, 0.6) is 0 Å². The van der Waals surface area contributed by atoms with Crippen molar-refractivity contribution in [2.45, 2.75) is 29.5 Å². The van der Waals surface area contributed by atoms with Crippen LogP contribution in [0.2, 0.25) is 5.02 Å². The molecule has 1 aromatic heterocycles. The summed E-state index contributed by atoms with van der Waals surface area (Å²) in [6.45, 7) is 1.12. The third kappa shape index (κ3) is 3.51. The highest BCUT2D eigenvalue weighted by Gasteiger charge is 2.18. The number of hydrogen-bond donors (Lipinski definition) is 1. The van der Waals surface area contributed by atoms with Crippen LogP contribution >= 0.6 is 34.7 Å². The fraction of sp³-hybridized carbons (Fsp3) is 0.357. The van der Waals surface area contributed by atoms with Crippen LogP contribution in [0.15, 0.2) is 34.5 Å². The van der Waals surface area contributed by atoms with E-state index in [1.807, 2.05) is 12.1 Å². The number of thiazole rings is 1. The van der Waals surface area contributed by atoms with E-state index in [2.05, 4.69) is 22.8 Å². The Balaban J connectivity index is 1.59. The van der Waals surface area contributed by atoms with Crippen LogP contribution in [-0.4, -0.2) is 11.5 Å². The van der Waals surface area contributed by atoms with Gasteiger partial charge in [-0.25, -0.2) is 4.98 Å². The average Bonchev–Trinajstić information content (AvgIpc) is 3.09. The predicted octanol–water partition coefficient (Wildman–Crippen LogP) is 4.51. The minimum absolute atomic E-state index is 0.477. The molecule has 0 amide bonds. The molecule has 2 heterocycles. The zero-order valence-corrected chi connectivity index (χ0v) is 12.8. The normalized spacial score (nSPS) is 18.9. The van der Waals surface area contributed by atoms with E-state index in [4.69, 9.17) is 16.6 Å². The molecule has 1 aromatic carbocycles. The van der Waals surface area contributed by atoms with Gasteiger partial charge in [-0.3, -0.25) is 0 Å². The fourth-order valence-corrected chi connectivity index (χ4v) is 4.05. The van der Waals surface area contributed by atoms with Gasteiger partial charge in [0.25, 0.3) is 0 Å². The molecule has 3 rings (SSSR count). The molecule has 2 aromatic rings. The van der Waals surface area contributed by atoms with Crippen molar-refractivity contribution in [1.29, 1.82) is 0 Å². The maximum absolute atomic E-state index is 5.88. The summed E-state index contributed by atoms with van der Waals surface area (Å²) in [5, 5.41) is 7.67. The van der Waals surface area contributed by atoms with E-state index in [0.717, 1.165) is 17.3 Å². The smallest absolute Gasteiger partial charge is 0.103 e. The largest absolute Gasteiger partial charge is 0.309 e. The average molecular weight is 311 g/mol. The highest BCUT2D eigenvalue weighted by atomic mass is 35.5. The van der Waals surface area contributed by atoms with Gasteiger partial charge in [0.2, 0.25) is 0 Å². The summed E-state index contributed by atoms with van der Waals surface area (Å²) in [6, 6.07) is 8.45. The molecule has 2 nitrogen and oxygen atoms in total. The third-order valence-electron chi connectivity index (χ3n) is 3.16. The molecule has 0 radical (unpaired) electrons. The first kappa shape index (κ1) is 13.4. The molecule has 1 fully saturated rings. The Morgan fingerprint density at radius 1 is 1.37 bits per heavy atom. The van der Waals surface area contributed by atoms with Crippen LogP contribution in [0, 0.1) is 0 Å². The number of benzene rings is 1. The first-order valence-corrected chi connectivity index (χ1v) is 8.61. The Morgan fingerprint density at radius 2 is 2.21 bits per heavy atom. The minimum atomic E-state index is 0.477. The van der Waals surface area contributed by atoms with Gasteiger partial charge in [-0.2, -0.15) is 0 Å². The van der Waals surface area contributed by atoms with E-state index in [9.17, 15) is 0 Å². The standard InChI is InChI=1S/C14H15ClN2S2/c15-10-3-5-11(6-4-10)18-9-14-17-13(8-19-14)12-2-1-7-16-12/h3-6,8,12,16H,1-2,7,9H2/t12-/m0/s1. The summed E-state index contributed by atoms with van der Waals surface area (Å²) in [5.74, 6) is 0.930. The van der Waals surface area contributed by atoms with Crippen LogP contribution in [0.25, 0.3) is 0 Å². The summed E-state index contributed by atoms with van der Waals surface area (Å²) < 4.78 is 0. The van der Waals surface area contributed by atoms with Crippen LogP contribution < -0.4 is 5.32 Å². The number of aromatic nitrogens is 1. The molecule has 5 heteroatoms. The SMILES string of the molecule is Clc1ccc(SCc2nc([C@@H]3CCCN3)cs2)cc1. The fourth-order valence-electron chi connectivity index (χ4n) is 2.16. The number of rotatable bonds is 4. The zero-order valence-electron chi connectivity index (χ0n) is 10.4. The van der Waals surface area contributed by atoms with Crippen LogP contribution in [0.1, 0.15) is 29.6 Å². The maximum Gasteiger partial charge on any atom is 0.103 e. The molecule has 100 valence electrons. The third-order valence-corrected chi connectivity index (χ3v) is 5.49. The zero-order chi connectivity index (χ0) is 13.1. The lowest BCUT2D eigenvalue weighted by Gasteiger charge is -2.05. The van der Waals surface area contributed by atoms with Crippen LogP contribution in [0.4, 0.5) is 0 Å². The van der Waals surface area contributed by atoms with Crippen molar-refractivity contribution in [2.75, 3.05) is 6.54 Å². The van der Waals surface area contributed by atoms with Gasteiger partial charge < -0.3 is 5.32 Å². The second-order valence-electron chi connectivity index (χ2n) is 4.56. The quantitative estimate of drug-likeness (QED) is 0.841. The molecule has 1 aliphatic heterocycles. The molecular formula is C14H15ClN2S2. The lowest BCUT2D eigenvalue weighted by molar-refractivity contribution is 0.630. The van der Waals surface area contributed by atoms with Crippen molar-refractivity contribution in [1.82, 2.24) is 10.3 Å². The van der Waals surface area contributed by atoms with Gasteiger partial charge in [0, 0.05) is 15.3 Å².